The van der Waals surface area contributed by atoms with Gasteiger partial charge in [0.25, 0.3) is 0 Å². The number of halogens is 3. The van der Waals surface area contributed by atoms with Crippen molar-refractivity contribution >= 4 is 40.1 Å². The molecule has 8 heteroatoms. The maximum atomic E-state index is 14.3. The van der Waals surface area contributed by atoms with Crippen molar-refractivity contribution in [3.8, 4) is 11.4 Å². The van der Waals surface area contributed by atoms with Gasteiger partial charge in [0, 0.05) is 31.2 Å². The van der Waals surface area contributed by atoms with Crippen LogP contribution in [-0.4, -0.2) is 19.9 Å². The van der Waals surface area contributed by atoms with E-state index >= 15 is 0 Å². The van der Waals surface area contributed by atoms with E-state index < -0.39 is 5.82 Å². The molecule has 0 bridgehead atoms. The van der Waals surface area contributed by atoms with Crippen molar-refractivity contribution in [2.75, 3.05) is 5.32 Å². The van der Waals surface area contributed by atoms with E-state index in [4.69, 9.17) is 23.2 Å². The first-order valence-electron chi connectivity index (χ1n) is 8.19. The van der Waals surface area contributed by atoms with Gasteiger partial charge in [-0.1, -0.05) is 35.3 Å². The molecule has 27 heavy (non-hydrogen) atoms. The lowest BCUT2D eigenvalue weighted by Gasteiger charge is -2.16. The van der Waals surface area contributed by atoms with Crippen LogP contribution in [0.5, 0.6) is 0 Å². The highest BCUT2D eigenvalue weighted by Crippen LogP contribution is 2.29. The van der Waals surface area contributed by atoms with Crippen LogP contribution >= 0.6 is 23.2 Å². The third-order valence-electron chi connectivity index (χ3n) is 4.21. The van der Waals surface area contributed by atoms with Crippen LogP contribution in [0, 0.1) is 5.82 Å². The highest BCUT2D eigenvalue weighted by atomic mass is 35.5. The summed E-state index contributed by atoms with van der Waals surface area (Å²) in [6, 6.07) is 8.95. The number of aromatic nitrogens is 4. The van der Waals surface area contributed by atoms with Crippen molar-refractivity contribution in [1.82, 2.24) is 19.9 Å². The second-order valence-corrected chi connectivity index (χ2v) is 6.93. The van der Waals surface area contributed by atoms with E-state index in [0.29, 0.717) is 27.1 Å². The minimum Gasteiger partial charge on any atom is -0.361 e. The summed E-state index contributed by atoms with van der Waals surface area (Å²) in [7, 11) is 0. The van der Waals surface area contributed by atoms with E-state index in [0.717, 1.165) is 17.1 Å². The van der Waals surface area contributed by atoms with Gasteiger partial charge in [0.05, 0.1) is 17.3 Å². The Labute approximate surface area is 167 Å². The van der Waals surface area contributed by atoms with Crippen LogP contribution in [0.15, 0.2) is 48.9 Å². The van der Waals surface area contributed by atoms with Gasteiger partial charge in [-0.3, -0.25) is 0 Å². The molecule has 0 spiro atoms. The molecule has 4 aromatic rings. The van der Waals surface area contributed by atoms with E-state index in [1.165, 1.54) is 0 Å². The molecular formula is C19H18Cl2FN5. The molecule has 0 saturated carbocycles. The molecule has 3 heterocycles. The van der Waals surface area contributed by atoms with Gasteiger partial charge < -0.3 is 10.3 Å². The predicted octanol–water partition coefficient (Wildman–Crippen LogP) is 6.13. The zero-order chi connectivity index (χ0) is 19.0. The zero-order valence-electron chi connectivity index (χ0n) is 14.2. The van der Waals surface area contributed by atoms with Crippen molar-refractivity contribution in [2.24, 2.45) is 0 Å². The fraction of sp³-hybridized carbons (Fsp3) is 0.105. The normalized spacial score (nSPS) is 12.3. The van der Waals surface area contributed by atoms with Crippen LogP contribution in [0.3, 0.4) is 0 Å². The Morgan fingerprint density at radius 1 is 1.11 bits per heavy atom. The van der Waals surface area contributed by atoms with Crippen molar-refractivity contribution in [2.45, 2.75) is 13.0 Å². The first kappa shape index (κ1) is 17.7. The van der Waals surface area contributed by atoms with Gasteiger partial charge >= 0.3 is 0 Å². The molecule has 0 saturated heterocycles. The molecule has 0 radical (unpaired) electrons. The Morgan fingerprint density at radius 2 is 1.89 bits per heavy atom. The van der Waals surface area contributed by atoms with Gasteiger partial charge in [0.1, 0.15) is 5.65 Å². The summed E-state index contributed by atoms with van der Waals surface area (Å²) in [6.07, 6.45) is 4.43. The third kappa shape index (κ3) is 3.59. The van der Waals surface area contributed by atoms with Crippen LogP contribution in [0.4, 0.5) is 10.2 Å². The lowest BCUT2D eigenvalue weighted by Crippen LogP contribution is -2.10. The number of nitrogens with zero attached hydrogens (tertiary/aromatic N) is 3. The van der Waals surface area contributed by atoms with E-state index in [-0.39, 0.29) is 14.7 Å². The van der Waals surface area contributed by atoms with Gasteiger partial charge in [0.15, 0.2) is 17.5 Å². The minimum absolute atomic E-state index is 0. The summed E-state index contributed by atoms with van der Waals surface area (Å²) >= 11 is 12.0. The van der Waals surface area contributed by atoms with E-state index in [2.05, 4.69) is 25.3 Å². The van der Waals surface area contributed by atoms with Crippen molar-refractivity contribution in [3.63, 3.8) is 0 Å². The Bertz CT molecular complexity index is 1120. The molecule has 140 valence electrons. The van der Waals surface area contributed by atoms with Gasteiger partial charge in [-0.05, 0) is 30.7 Å². The van der Waals surface area contributed by atoms with Crippen LogP contribution in [-0.2, 0) is 0 Å². The number of nitrogens with one attached hydrogen (secondary N) is 2. The summed E-state index contributed by atoms with van der Waals surface area (Å²) in [5.41, 5.74) is 2.32. The predicted molar refractivity (Wildman–Crippen MR) is 110 cm³/mol. The Morgan fingerprint density at radius 3 is 2.67 bits per heavy atom. The van der Waals surface area contributed by atoms with Gasteiger partial charge in [-0.15, -0.1) is 0 Å². The highest BCUT2D eigenvalue weighted by Gasteiger charge is 2.15. The molecule has 2 N–H and O–H groups in total. The van der Waals surface area contributed by atoms with Crippen LogP contribution < -0.4 is 5.32 Å². The fourth-order valence-electron chi connectivity index (χ4n) is 2.80. The fourth-order valence-corrected chi connectivity index (χ4v) is 3.08. The molecule has 0 amide bonds. The molecule has 5 nitrogen and oxygen atoms in total. The first-order valence-corrected chi connectivity index (χ1v) is 8.94. The topological polar surface area (TPSA) is 66.5 Å². The summed E-state index contributed by atoms with van der Waals surface area (Å²) in [5.74, 6) is -0.0418. The smallest absolute Gasteiger partial charge is 0.183 e. The quantitative estimate of drug-likeness (QED) is 0.428. The largest absolute Gasteiger partial charge is 0.361 e. The lowest BCUT2D eigenvalue weighted by molar-refractivity contribution is 0.614. The number of benzene rings is 1. The SMILES string of the molecule is CC(Nc1nc(-c2c[nH]c3ncc(Cl)cc23)ncc1F)c1ccc(Cl)cc1.[HH].[HH]. The van der Waals surface area contributed by atoms with Gasteiger partial charge in [0.2, 0.25) is 0 Å². The average Bonchev–Trinajstić information content (AvgIpc) is 3.07. The monoisotopic (exact) mass is 405 g/mol. The number of hydrogen-bond donors (Lipinski definition) is 2. The Hall–Kier alpha value is -2.70. The first-order chi connectivity index (χ1) is 13.0. The summed E-state index contributed by atoms with van der Waals surface area (Å²) in [6.45, 7) is 1.92. The van der Waals surface area contributed by atoms with Gasteiger partial charge in [-0.25, -0.2) is 19.3 Å². The number of fused-ring (bicyclic) bond motifs is 1. The second kappa shape index (κ2) is 7.13. The Kier molecular flexibility index (Phi) is 4.68. The molecule has 0 aliphatic heterocycles. The summed E-state index contributed by atoms with van der Waals surface area (Å²) < 4.78 is 14.3. The molecule has 0 aliphatic rings. The van der Waals surface area contributed by atoms with Crippen molar-refractivity contribution in [3.05, 3.63) is 70.3 Å². The number of hydrogen-bond acceptors (Lipinski definition) is 4. The minimum atomic E-state index is -0.532. The number of rotatable bonds is 4. The number of H-pyrrole nitrogens is 1. The number of aromatic amines is 1. The molecule has 3 aromatic heterocycles. The molecule has 1 atom stereocenters. The standard InChI is InChI=1S/C19H14Cl2FN5.2H2/c1-10(11-2-4-12(20)5-3-11)26-19-16(22)9-25-18(27-19)15-8-24-17-14(15)6-13(21)7-23-17;;/h2-10H,1H3,(H,23,24)(H,25,26,27);2*1H. The van der Waals surface area contributed by atoms with Crippen molar-refractivity contribution in [1.29, 1.82) is 0 Å². The van der Waals surface area contributed by atoms with Crippen LogP contribution in [0.2, 0.25) is 10.0 Å². The van der Waals surface area contributed by atoms with E-state index in [9.17, 15) is 4.39 Å². The van der Waals surface area contributed by atoms with E-state index in [1.807, 2.05) is 19.1 Å². The average molecular weight is 406 g/mol. The number of pyridine rings is 1. The Balaban J connectivity index is 0.00000150. The highest BCUT2D eigenvalue weighted by molar-refractivity contribution is 6.31. The maximum absolute atomic E-state index is 14.3. The second-order valence-electron chi connectivity index (χ2n) is 6.06. The number of anilines is 1. The summed E-state index contributed by atoms with van der Waals surface area (Å²) in [4.78, 5) is 15.7. The van der Waals surface area contributed by atoms with E-state index in [1.54, 1.807) is 30.6 Å². The third-order valence-corrected chi connectivity index (χ3v) is 4.66. The van der Waals surface area contributed by atoms with Crippen LogP contribution in [0.25, 0.3) is 22.4 Å². The molecular weight excluding hydrogens is 388 g/mol. The molecule has 4 rings (SSSR count). The summed E-state index contributed by atoms with van der Waals surface area (Å²) in [5, 5.41) is 5.00. The molecule has 0 fully saturated rings. The van der Waals surface area contributed by atoms with Crippen LogP contribution in [0.1, 0.15) is 21.4 Å². The molecule has 1 aromatic carbocycles. The molecule has 0 aliphatic carbocycles. The molecule has 1 unspecified atom stereocenters. The van der Waals surface area contributed by atoms with Gasteiger partial charge in [-0.2, -0.15) is 0 Å². The lowest BCUT2D eigenvalue weighted by atomic mass is 10.1. The van der Waals surface area contributed by atoms with Crippen molar-refractivity contribution < 1.29 is 7.24 Å². The maximum Gasteiger partial charge on any atom is 0.183 e. The zero-order valence-corrected chi connectivity index (χ0v) is 15.7.